The number of carbonyl (C=O) groups is 1. The van der Waals surface area contributed by atoms with Crippen LogP contribution in [0.15, 0.2) is 23.8 Å². The number of aryl methyl sites for hydroxylation is 1. The summed E-state index contributed by atoms with van der Waals surface area (Å²) < 4.78 is 0. The van der Waals surface area contributed by atoms with Crippen LogP contribution in [0.1, 0.15) is 50.7 Å². The highest BCUT2D eigenvalue weighted by atomic mass is 16.3. The molecule has 2 aliphatic rings. The fraction of sp³-hybridized carbons (Fsp3) is 0.471. The number of phenolic OH excluding ortho intramolecular Hbond substituents is 1. The molecule has 0 aromatic heterocycles. The number of hydrogen-bond donors (Lipinski definition) is 1. The number of ketones is 1. The Morgan fingerprint density at radius 3 is 2.89 bits per heavy atom. The van der Waals surface area contributed by atoms with Crippen molar-refractivity contribution in [2.45, 2.75) is 46.0 Å². The summed E-state index contributed by atoms with van der Waals surface area (Å²) in [6.45, 7) is 4.16. The van der Waals surface area contributed by atoms with Crippen LogP contribution in [0, 0.1) is 5.41 Å². The largest absolute Gasteiger partial charge is 0.508 e. The Morgan fingerprint density at radius 1 is 1.37 bits per heavy atom. The molecule has 0 spiro atoms. The zero-order valence-electron chi connectivity index (χ0n) is 11.6. The van der Waals surface area contributed by atoms with E-state index in [1.54, 1.807) is 6.07 Å². The van der Waals surface area contributed by atoms with E-state index >= 15 is 0 Å². The Labute approximate surface area is 114 Å². The second-order valence-corrected chi connectivity index (χ2v) is 5.97. The van der Waals surface area contributed by atoms with Gasteiger partial charge in [0.15, 0.2) is 5.78 Å². The first-order valence-electron chi connectivity index (χ1n) is 7.14. The summed E-state index contributed by atoms with van der Waals surface area (Å²) in [6, 6.07) is 5.59. The van der Waals surface area contributed by atoms with Gasteiger partial charge in [-0.15, -0.1) is 0 Å². The van der Waals surface area contributed by atoms with Crippen molar-refractivity contribution in [3.8, 4) is 5.75 Å². The fourth-order valence-electron chi connectivity index (χ4n) is 3.99. The lowest BCUT2D eigenvalue weighted by Gasteiger charge is -2.37. The minimum absolute atomic E-state index is 0.0693. The predicted octanol–water partition coefficient (Wildman–Crippen LogP) is 3.87. The van der Waals surface area contributed by atoms with Gasteiger partial charge in [-0.25, -0.2) is 0 Å². The molecular weight excluding hydrogens is 236 g/mol. The van der Waals surface area contributed by atoms with Crippen LogP contribution in [-0.2, 0) is 11.2 Å². The van der Waals surface area contributed by atoms with Gasteiger partial charge in [-0.2, -0.15) is 0 Å². The van der Waals surface area contributed by atoms with E-state index < -0.39 is 0 Å². The highest BCUT2D eigenvalue weighted by Gasteiger charge is 2.46. The number of Topliss-reactive ketones (excluding diaryl/α,β-unsaturated/α-hetero) is 1. The third kappa shape index (κ3) is 1.73. The molecule has 0 saturated heterocycles. The average molecular weight is 256 g/mol. The van der Waals surface area contributed by atoms with E-state index in [1.165, 1.54) is 16.7 Å². The van der Waals surface area contributed by atoms with Crippen LogP contribution in [0.4, 0.5) is 0 Å². The van der Waals surface area contributed by atoms with Crippen LogP contribution in [0.5, 0.6) is 5.75 Å². The van der Waals surface area contributed by atoms with Gasteiger partial charge in [-0.1, -0.05) is 19.4 Å². The molecular formula is C17H20O2. The molecule has 1 atom stereocenters. The molecule has 1 aromatic rings. The van der Waals surface area contributed by atoms with Gasteiger partial charge in [0.2, 0.25) is 0 Å². The van der Waals surface area contributed by atoms with Crippen LogP contribution in [0.3, 0.4) is 0 Å². The van der Waals surface area contributed by atoms with Crippen molar-refractivity contribution in [2.75, 3.05) is 0 Å². The van der Waals surface area contributed by atoms with Crippen LogP contribution in [-0.4, -0.2) is 10.9 Å². The van der Waals surface area contributed by atoms with Gasteiger partial charge in [-0.05, 0) is 60.6 Å². The lowest BCUT2D eigenvalue weighted by atomic mass is 9.66. The molecule has 0 bridgehead atoms. The van der Waals surface area contributed by atoms with Crippen molar-refractivity contribution >= 4 is 11.4 Å². The number of benzene rings is 1. The molecule has 1 aromatic carbocycles. The Hall–Kier alpha value is -1.57. The van der Waals surface area contributed by atoms with E-state index in [-0.39, 0.29) is 5.41 Å². The van der Waals surface area contributed by atoms with Crippen molar-refractivity contribution in [2.24, 2.45) is 5.41 Å². The molecule has 0 radical (unpaired) electrons. The summed E-state index contributed by atoms with van der Waals surface area (Å²) in [5.41, 5.74) is 4.66. The van der Waals surface area contributed by atoms with E-state index in [4.69, 9.17) is 0 Å². The smallest absolute Gasteiger partial charge is 0.159 e. The van der Waals surface area contributed by atoms with E-state index in [0.29, 0.717) is 18.0 Å². The van der Waals surface area contributed by atoms with Crippen LogP contribution >= 0.6 is 0 Å². The standard InChI is InChI=1S/C17H20O2/c1-3-7-17-8-6-12-9-13(18)4-5-14(12)16(17)11(2)15(19)10-17/h4-5,9,18H,3,6-8,10H2,1-2H3. The highest BCUT2D eigenvalue weighted by molar-refractivity contribution is 6.09. The van der Waals surface area contributed by atoms with Gasteiger partial charge < -0.3 is 5.11 Å². The first-order chi connectivity index (χ1) is 9.07. The molecule has 0 saturated carbocycles. The van der Waals surface area contributed by atoms with Gasteiger partial charge >= 0.3 is 0 Å². The number of rotatable bonds is 2. The summed E-state index contributed by atoms with van der Waals surface area (Å²) in [7, 11) is 0. The topological polar surface area (TPSA) is 37.3 Å². The Bertz CT molecular complexity index is 583. The molecule has 1 N–H and O–H groups in total. The first-order valence-corrected chi connectivity index (χ1v) is 7.14. The summed E-state index contributed by atoms with van der Waals surface area (Å²) in [4.78, 5) is 12.2. The lowest BCUT2D eigenvalue weighted by molar-refractivity contribution is -0.116. The monoisotopic (exact) mass is 256 g/mol. The predicted molar refractivity (Wildman–Crippen MR) is 76.0 cm³/mol. The number of aromatic hydroxyl groups is 1. The second-order valence-electron chi connectivity index (χ2n) is 5.97. The summed E-state index contributed by atoms with van der Waals surface area (Å²) in [5.74, 6) is 0.633. The van der Waals surface area contributed by atoms with Gasteiger partial charge in [0.1, 0.15) is 5.75 Å². The van der Waals surface area contributed by atoms with E-state index in [1.807, 2.05) is 19.1 Å². The second kappa shape index (κ2) is 4.22. The average Bonchev–Trinajstić information content (AvgIpc) is 2.62. The molecule has 0 aliphatic heterocycles. The van der Waals surface area contributed by atoms with Crippen molar-refractivity contribution < 1.29 is 9.90 Å². The van der Waals surface area contributed by atoms with Crippen molar-refractivity contribution in [1.29, 1.82) is 0 Å². The zero-order chi connectivity index (χ0) is 13.6. The SMILES string of the molecule is CCCC12CCc3cc(O)ccc3C1=C(C)C(=O)C2. The van der Waals surface area contributed by atoms with Gasteiger partial charge in [0.05, 0.1) is 0 Å². The van der Waals surface area contributed by atoms with Gasteiger partial charge in [0, 0.05) is 11.8 Å². The van der Waals surface area contributed by atoms with Crippen LogP contribution in [0.2, 0.25) is 0 Å². The maximum Gasteiger partial charge on any atom is 0.159 e. The Morgan fingerprint density at radius 2 is 2.16 bits per heavy atom. The van der Waals surface area contributed by atoms with Gasteiger partial charge in [0.25, 0.3) is 0 Å². The molecule has 2 nitrogen and oxygen atoms in total. The maximum atomic E-state index is 12.2. The molecule has 2 aliphatic carbocycles. The number of allylic oxidation sites excluding steroid dienone is 2. The number of phenols is 1. The summed E-state index contributed by atoms with van der Waals surface area (Å²) in [6.07, 6.45) is 4.88. The molecule has 19 heavy (non-hydrogen) atoms. The normalized spacial score (nSPS) is 25.5. The minimum atomic E-state index is 0.0693. The first kappa shape index (κ1) is 12.5. The molecule has 100 valence electrons. The molecule has 0 fully saturated rings. The third-order valence-electron chi connectivity index (χ3n) is 4.78. The Kier molecular flexibility index (Phi) is 2.77. The number of hydrogen-bond acceptors (Lipinski definition) is 2. The van der Waals surface area contributed by atoms with E-state index in [0.717, 1.165) is 31.3 Å². The fourth-order valence-corrected chi connectivity index (χ4v) is 3.99. The maximum absolute atomic E-state index is 12.2. The molecule has 2 heteroatoms. The van der Waals surface area contributed by atoms with Gasteiger partial charge in [-0.3, -0.25) is 4.79 Å². The summed E-state index contributed by atoms with van der Waals surface area (Å²) >= 11 is 0. The zero-order valence-corrected chi connectivity index (χ0v) is 11.6. The highest BCUT2D eigenvalue weighted by Crippen LogP contribution is 2.56. The van der Waals surface area contributed by atoms with Crippen LogP contribution < -0.4 is 0 Å². The summed E-state index contributed by atoms with van der Waals surface area (Å²) in [5, 5.41) is 9.63. The third-order valence-corrected chi connectivity index (χ3v) is 4.78. The van der Waals surface area contributed by atoms with Crippen molar-refractivity contribution in [1.82, 2.24) is 0 Å². The molecule has 0 amide bonds. The molecule has 1 unspecified atom stereocenters. The van der Waals surface area contributed by atoms with Crippen molar-refractivity contribution in [3.63, 3.8) is 0 Å². The quantitative estimate of drug-likeness (QED) is 0.872. The van der Waals surface area contributed by atoms with Crippen LogP contribution in [0.25, 0.3) is 5.57 Å². The lowest BCUT2D eigenvalue weighted by Crippen LogP contribution is -2.25. The minimum Gasteiger partial charge on any atom is -0.508 e. The Balaban J connectivity index is 2.20. The van der Waals surface area contributed by atoms with E-state index in [2.05, 4.69) is 6.92 Å². The van der Waals surface area contributed by atoms with E-state index in [9.17, 15) is 9.90 Å². The number of fused-ring (bicyclic) bond motifs is 3. The number of carbonyl (C=O) groups excluding carboxylic acids is 1. The van der Waals surface area contributed by atoms with Crippen molar-refractivity contribution in [3.05, 3.63) is 34.9 Å². The molecule has 3 rings (SSSR count). The molecule has 0 heterocycles.